The van der Waals surface area contributed by atoms with E-state index in [1.54, 1.807) is 7.11 Å². The second-order valence-electron chi connectivity index (χ2n) is 4.21. The molecule has 0 fully saturated rings. The van der Waals surface area contributed by atoms with Gasteiger partial charge in [-0.3, -0.25) is 4.79 Å². The second-order valence-corrected chi connectivity index (χ2v) is 4.21. The molecule has 1 amide bonds. The lowest BCUT2D eigenvalue weighted by Gasteiger charge is -2.08. The zero-order chi connectivity index (χ0) is 12.7. The van der Waals surface area contributed by atoms with Crippen molar-refractivity contribution < 1.29 is 9.53 Å². The molecule has 1 atom stereocenters. The summed E-state index contributed by atoms with van der Waals surface area (Å²) in [5.41, 5.74) is 7.74. The number of rotatable bonds is 6. The van der Waals surface area contributed by atoms with Gasteiger partial charge in [0.2, 0.25) is 5.91 Å². The van der Waals surface area contributed by atoms with Crippen molar-refractivity contribution in [1.82, 2.24) is 5.32 Å². The van der Waals surface area contributed by atoms with Gasteiger partial charge in [0.1, 0.15) is 0 Å². The van der Waals surface area contributed by atoms with Gasteiger partial charge in [-0.25, -0.2) is 0 Å². The summed E-state index contributed by atoms with van der Waals surface area (Å²) in [6.07, 6.45) is 0.363. The van der Waals surface area contributed by atoms with Crippen molar-refractivity contribution in [2.24, 2.45) is 5.73 Å². The summed E-state index contributed by atoms with van der Waals surface area (Å²) in [5, 5.41) is 2.83. The van der Waals surface area contributed by atoms with Crippen LogP contribution in [-0.4, -0.2) is 19.1 Å². The Morgan fingerprint density at radius 2 is 1.94 bits per heavy atom. The van der Waals surface area contributed by atoms with Crippen LogP contribution < -0.4 is 11.1 Å². The molecule has 94 valence electrons. The fourth-order valence-corrected chi connectivity index (χ4v) is 1.49. The smallest absolute Gasteiger partial charge is 0.221 e. The molecule has 0 heterocycles. The monoisotopic (exact) mass is 236 g/mol. The molecule has 0 aliphatic rings. The summed E-state index contributed by atoms with van der Waals surface area (Å²) in [6, 6.07) is 7.87. The van der Waals surface area contributed by atoms with Gasteiger partial charge >= 0.3 is 0 Å². The lowest BCUT2D eigenvalue weighted by Crippen LogP contribution is -2.29. The van der Waals surface area contributed by atoms with E-state index in [-0.39, 0.29) is 11.9 Å². The zero-order valence-corrected chi connectivity index (χ0v) is 10.4. The van der Waals surface area contributed by atoms with E-state index < -0.39 is 0 Å². The quantitative estimate of drug-likeness (QED) is 0.779. The predicted molar refractivity (Wildman–Crippen MR) is 67.3 cm³/mol. The highest BCUT2D eigenvalue weighted by molar-refractivity contribution is 5.76. The van der Waals surface area contributed by atoms with Crippen LogP contribution in [0.3, 0.4) is 0 Å². The molecule has 1 aromatic carbocycles. The molecular formula is C13H20N2O2. The first kappa shape index (κ1) is 13.7. The number of nitrogens with one attached hydrogen (secondary N) is 1. The van der Waals surface area contributed by atoms with Gasteiger partial charge in [-0.15, -0.1) is 0 Å². The van der Waals surface area contributed by atoms with Crippen LogP contribution in [0, 0.1) is 0 Å². The van der Waals surface area contributed by atoms with Gasteiger partial charge in [-0.2, -0.15) is 0 Å². The van der Waals surface area contributed by atoms with Gasteiger partial charge in [-0.1, -0.05) is 24.3 Å². The van der Waals surface area contributed by atoms with Crippen molar-refractivity contribution in [2.45, 2.75) is 32.5 Å². The van der Waals surface area contributed by atoms with Crippen molar-refractivity contribution >= 4 is 5.91 Å². The SMILES string of the molecule is COCc1ccc(CNC(=O)CC(C)N)cc1. The first-order chi connectivity index (χ1) is 8.11. The van der Waals surface area contributed by atoms with Crippen LogP contribution in [0.25, 0.3) is 0 Å². The molecule has 1 unspecified atom stereocenters. The van der Waals surface area contributed by atoms with Gasteiger partial charge in [0, 0.05) is 26.1 Å². The summed E-state index contributed by atoms with van der Waals surface area (Å²) in [6.45, 7) is 2.97. The van der Waals surface area contributed by atoms with Crippen molar-refractivity contribution in [3.8, 4) is 0 Å². The summed E-state index contributed by atoms with van der Waals surface area (Å²) in [7, 11) is 1.67. The fraction of sp³-hybridized carbons (Fsp3) is 0.462. The Labute approximate surface area is 102 Å². The summed E-state index contributed by atoms with van der Waals surface area (Å²) >= 11 is 0. The van der Waals surface area contributed by atoms with Crippen molar-refractivity contribution in [2.75, 3.05) is 7.11 Å². The van der Waals surface area contributed by atoms with Gasteiger partial charge in [0.15, 0.2) is 0 Å². The Hall–Kier alpha value is -1.39. The maximum Gasteiger partial charge on any atom is 0.221 e. The van der Waals surface area contributed by atoms with Gasteiger partial charge in [0.05, 0.1) is 6.61 Å². The normalized spacial score (nSPS) is 12.2. The number of carbonyl (C=O) groups is 1. The average molecular weight is 236 g/mol. The van der Waals surface area contributed by atoms with Crippen LogP contribution >= 0.6 is 0 Å². The first-order valence-electron chi connectivity index (χ1n) is 5.71. The van der Waals surface area contributed by atoms with E-state index in [2.05, 4.69) is 5.32 Å². The Kier molecular flexibility index (Phi) is 5.66. The summed E-state index contributed by atoms with van der Waals surface area (Å²) < 4.78 is 5.03. The molecule has 3 N–H and O–H groups in total. The number of hydrogen-bond acceptors (Lipinski definition) is 3. The van der Waals surface area contributed by atoms with Gasteiger partial charge in [0.25, 0.3) is 0 Å². The largest absolute Gasteiger partial charge is 0.380 e. The van der Waals surface area contributed by atoms with E-state index in [9.17, 15) is 4.79 Å². The van der Waals surface area contributed by atoms with Gasteiger partial charge in [-0.05, 0) is 18.1 Å². The van der Waals surface area contributed by atoms with E-state index in [0.29, 0.717) is 19.6 Å². The summed E-state index contributed by atoms with van der Waals surface area (Å²) in [5.74, 6) is -0.0130. The van der Waals surface area contributed by atoms with Crippen LogP contribution in [0.1, 0.15) is 24.5 Å². The number of hydrogen-bond donors (Lipinski definition) is 2. The van der Waals surface area contributed by atoms with Crippen molar-refractivity contribution in [3.63, 3.8) is 0 Å². The molecule has 4 heteroatoms. The van der Waals surface area contributed by atoms with E-state index in [4.69, 9.17) is 10.5 Å². The number of ether oxygens (including phenoxy) is 1. The molecule has 0 spiro atoms. The van der Waals surface area contributed by atoms with Crippen LogP contribution in [0.2, 0.25) is 0 Å². The van der Waals surface area contributed by atoms with Crippen molar-refractivity contribution in [3.05, 3.63) is 35.4 Å². The van der Waals surface area contributed by atoms with Crippen LogP contribution in [0.5, 0.6) is 0 Å². The lowest BCUT2D eigenvalue weighted by molar-refractivity contribution is -0.121. The third-order valence-electron chi connectivity index (χ3n) is 2.33. The Balaban J connectivity index is 2.39. The lowest BCUT2D eigenvalue weighted by atomic mass is 10.1. The number of methoxy groups -OCH3 is 1. The Bertz CT molecular complexity index is 347. The molecular weight excluding hydrogens is 216 g/mol. The molecule has 17 heavy (non-hydrogen) atoms. The third-order valence-corrected chi connectivity index (χ3v) is 2.33. The molecule has 0 bridgehead atoms. The maximum atomic E-state index is 11.4. The summed E-state index contributed by atoms with van der Waals surface area (Å²) in [4.78, 5) is 11.4. The molecule has 0 saturated heterocycles. The van der Waals surface area contributed by atoms with Crippen LogP contribution in [-0.2, 0) is 22.7 Å². The fourth-order valence-electron chi connectivity index (χ4n) is 1.49. The molecule has 0 radical (unpaired) electrons. The van der Waals surface area contributed by atoms with Crippen molar-refractivity contribution in [1.29, 1.82) is 0 Å². The predicted octanol–water partition coefficient (Wildman–Crippen LogP) is 1.19. The standard InChI is InChI=1S/C13H20N2O2/c1-10(14)7-13(16)15-8-11-3-5-12(6-4-11)9-17-2/h3-6,10H,7-9,14H2,1-2H3,(H,15,16). The Morgan fingerprint density at radius 1 is 1.35 bits per heavy atom. The molecule has 0 aliphatic carbocycles. The van der Waals surface area contributed by atoms with Gasteiger partial charge < -0.3 is 15.8 Å². The zero-order valence-electron chi connectivity index (χ0n) is 10.4. The topological polar surface area (TPSA) is 64.3 Å². The minimum atomic E-state index is -0.0981. The highest BCUT2D eigenvalue weighted by Gasteiger charge is 2.04. The third kappa shape index (κ3) is 5.47. The molecule has 0 saturated carbocycles. The molecule has 1 aromatic rings. The first-order valence-corrected chi connectivity index (χ1v) is 5.71. The maximum absolute atomic E-state index is 11.4. The van der Waals surface area contributed by atoms with E-state index in [1.807, 2.05) is 31.2 Å². The number of carbonyl (C=O) groups excluding carboxylic acids is 1. The minimum absolute atomic E-state index is 0.0130. The number of amides is 1. The Morgan fingerprint density at radius 3 is 2.47 bits per heavy atom. The second kappa shape index (κ2) is 7.04. The molecule has 0 aliphatic heterocycles. The number of nitrogens with two attached hydrogens (primary N) is 1. The van der Waals surface area contributed by atoms with Crippen LogP contribution in [0.15, 0.2) is 24.3 Å². The van der Waals surface area contributed by atoms with Crippen LogP contribution in [0.4, 0.5) is 0 Å². The molecule has 1 rings (SSSR count). The van der Waals surface area contributed by atoms with E-state index in [1.165, 1.54) is 0 Å². The van der Waals surface area contributed by atoms with E-state index >= 15 is 0 Å². The molecule has 4 nitrogen and oxygen atoms in total. The highest BCUT2D eigenvalue weighted by Crippen LogP contribution is 2.05. The minimum Gasteiger partial charge on any atom is -0.380 e. The molecule has 0 aromatic heterocycles. The van der Waals surface area contributed by atoms with E-state index in [0.717, 1.165) is 11.1 Å². The highest BCUT2D eigenvalue weighted by atomic mass is 16.5. The number of benzene rings is 1. The average Bonchev–Trinajstić information content (AvgIpc) is 2.28.